The van der Waals surface area contributed by atoms with Crippen molar-refractivity contribution in [2.75, 3.05) is 26.3 Å². The Morgan fingerprint density at radius 3 is 1.26 bits per heavy atom. The number of nitrogens with one attached hydrogen (secondary N) is 2. The highest BCUT2D eigenvalue weighted by Crippen LogP contribution is 2.52. The minimum atomic E-state index is -0.358. The maximum atomic E-state index is 13.7. The number of carbonyl (C=O) groups is 2. The molecular formula is C56H66N6O6. The van der Waals surface area contributed by atoms with Crippen LogP contribution in [0.3, 0.4) is 0 Å². The van der Waals surface area contributed by atoms with Gasteiger partial charge in [0, 0.05) is 97.7 Å². The fraction of sp³-hybridized carbons (Fsp3) is 0.500. The van der Waals surface area contributed by atoms with Crippen molar-refractivity contribution in [3.8, 4) is 0 Å². The van der Waals surface area contributed by atoms with Crippen molar-refractivity contribution in [2.45, 2.75) is 115 Å². The third kappa shape index (κ3) is 8.14. The molecule has 4 aliphatic carbocycles. The lowest BCUT2D eigenvalue weighted by Crippen LogP contribution is -2.51. The standard InChI is InChI=1S/2C28H33N3O3/c2*1-2-5-18-10-11-24-25-22(15-30(24)28(18)34)23(16-32)26(31(25)14-17-8-9-17)27(33)29-21-12-19-6-3-4-7-20(19)13-21/h2*2-7,10-11,17,21-23,25-26,32H,8-9,12-16H2,1H3,(H,29,33)/b5-2+;5-2-/t2*22-,23-,25+,26-/m11/s1. The Labute approximate surface area is 398 Å². The first-order valence-corrected chi connectivity index (χ1v) is 25.4. The summed E-state index contributed by atoms with van der Waals surface area (Å²) in [6.45, 7) is 6.57. The molecular weight excluding hydrogens is 853 g/mol. The summed E-state index contributed by atoms with van der Waals surface area (Å²) in [6, 6.07) is 24.2. The molecule has 356 valence electrons. The number of pyridine rings is 2. The number of fused-ring (bicyclic) bond motifs is 8. The first-order chi connectivity index (χ1) is 33.2. The van der Waals surface area contributed by atoms with Gasteiger partial charge in [-0.25, -0.2) is 0 Å². The quantitative estimate of drug-likeness (QED) is 0.154. The molecule has 2 aromatic carbocycles. The number of benzene rings is 2. The molecule has 2 saturated heterocycles. The highest BCUT2D eigenvalue weighted by molar-refractivity contribution is 5.84. The first-order valence-electron chi connectivity index (χ1n) is 25.4. The molecule has 4 fully saturated rings. The van der Waals surface area contributed by atoms with Gasteiger partial charge in [-0.15, -0.1) is 0 Å². The maximum absolute atomic E-state index is 13.7. The van der Waals surface area contributed by atoms with E-state index in [1.165, 1.54) is 47.9 Å². The van der Waals surface area contributed by atoms with Crippen LogP contribution in [0.4, 0.5) is 0 Å². The van der Waals surface area contributed by atoms with Crippen LogP contribution < -0.4 is 21.8 Å². The molecule has 2 saturated carbocycles. The summed E-state index contributed by atoms with van der Waals surface area (Å²) in [5.74, 6) is 1.04. The van der Waals surface area contributed by atoms with E-state index in [0.29, 0.717) is 36.1 Å². The van der Waals surface area contributed by atoms with Gasteiger partial charge in [-0.3, -0.25) is 29.0 Å². The van der Waals surface area contributed by atoms with Crippen LogP contribution in [0.25, 0.3) is 12.2 Å². The molecule has 8 atom stereocenters. The first kappa shape index (κ1) is 45.1. The van der Waals surface area contributed by atoms with Crippen LogP contribution in [-0.4, -0.2) is 91.4 Å². The van der Waals surface area contributed by atoms with Gasteiger partial charge in [-0.2, -0.15) is 0 Å². The zero-order valence-electron chi connectivity index (χ0n) is 39.4. The number of aromatic nitrogens is 2. The van der Waals surface area contributed by atoms with Crippen LogP contribution in [-0.2, 0) is 48.4 Å². The second-order valence-corrected chi connectivity index (χ2v) is 21.1. The SMILES string of the molecule is C/C=C/c1ccc2n(c1=O)C[C@@H]1[C@@H](CO)[C@H](C(=O)NC3Cc4ccccc4C3)N(CC3CC3)[C@H]21.C/C=C\c1ccc2n(c1=O)C[C@@H]1[C@@H](CO)[C@H](C(=O)NC3Cc4ccccc4C3)N(CC3CC3)[C@H]21. The largest absolute Gasteiger partial charge is 0.396 e. The molecule has 4 N–H and O–H groups in total. The molecule has 4 aromatic rings. The van der Waals surface area contributed by atoms with Crippen LogP contribution in [0.1, 0.15) is 96.4 Å². The lowest BCUT2D eigenvalue weighted by Gasteiger charge is -2.31. The number of amides is 2. The predicted octanol–water partition coefficient (Wildman–Crippen LogP) is 5.08. The van der Waals surface area contributed by atoms with Crippen molar-refractivity contribution in [2.24, 2.45) is 35.5 Å². The van der Waals surface area contributed by atoms with E-state index in [1.54, 1.807) is 0 Å². The average molecular weight is 919 g/mol. The summed E-state index contributed by atoms with van der Waals surface area (Å²) in [6.07, 6.45) is 15.7. The van der Waals surface area contributed by atoms with E-state index in [0.717, 1.165) is 50.2 Å². The lowest BCUT2D eigenvalue weighted by atomic mass is 9.88. The van der Waals surface area contributed by atoms with Gasteiger partial charge in [0.1, 0.15) is 0 Å². The zero-order valence-corrected chi connectivity index (χ0v) is 39.4. The maximum Gasteiger partial charge on any atom is 0.258 e. The summed E-state index contributed by atoms with van der Waals surface area (Å²) in [5, 5.41) is 27.6. The molecule has 0 spiro atoms. The highest BCUT2D eigenvalue weighted by atomic mass is 16.3. The van der Waals surface area contributed by atoms with Gasteiger partial charge in [-0.05, 0) is 124 Å². The molecule has 2 aromatic heterocycles. The molecule has 12 rings (SSSR count). The molecule has 0 unspecified atom stereocenters. The molecule has 68 heavy (non-hydrogen) atoms. The number of carbonyl (C=O) groups excluding carboxylic acids is 2. The average Bonchev–Trinajstić information content (AvgIpc) is 4.02. The second-order valence-electron chi connectivity index (χ2n) is 21.1. The smallest absolute Gasteiger partial charge is 0.258 e. The molecule has 6 heterocycles. The number of rotatable bonds is 12. The Bertz CT molecular complexity index is 2530. The van der Waals surface area contributed by atoms with Gasteiger partial charge >= 0.3 is 0 Å². The number of aliphatic hydroxyl groups excluding tert-OH is 2. The van der Waals surface area contributed by atoms with E-state index >= 15 is 0 Å². The number of aliphatic hydroxyl groups is 2. The Morgan fingerprint density at radius 1 is 0.574 bits per heavy atom. The van der Waals surface area contributed by atoms with E-state index < -0.39 is 0 Å². The third-order valence-corrected chi connectivity index (χ3v) is 16.8. The van der Waals surface area contributed by atoms with Gasteiger partial charge in [0.05, 0.1) is 24.2 Å². The minimum Gasteiger partial charge on any atom is -0.396 e. The topological polar surface area (TPSA) is 149 Å². The van der Waals surface area contributed by atoms with Crippen LogP contribution in [0.2, 0.25) is 0 Å². The highest BCUT2D eigenvalue weighted by Gasteiger charge is 2.58. The number of hydrogen-bond donors (Lipinski definition) is 4. The van der Waals surface area contributed by atoms with Gasteiger partial charge in [0.25, 0.3) is 11.1 Å². The summed E-state index contributed by atoms with van der Waals surface area (Å²) in [7, 11) is 0. The van der Waals surface area contributed by atoms with Gasteiger partial charge in [0.2, 0.25) is 11.8 Å². The molecule has 2 amide bonds. The second kappa shape index (κ2) is 18.5. The molecule has 0 bridgehead atoms. The summed E-state index contributed by atoms with van der Waals surface area (Å²) in [5.41, 5.74) is 8.67. The van der Waals surface area contributed by atoms with Crippen molar-refractivity contribution < 1.29 is 19.8 Å². The lowest BCUT2D eigenvalue weighted by molar-refractivity contribution is -0.129. The monoisotopic (exact) mass is 919 g/mol. The Morgan fingerprint density at radius 2 is 0.941 bits per heavy atom. The van der Waals surface area contributed by atoms with Crippen LogP contribution >= 0.6 is 0 Å². The van der Waals surface area contributed by atoms with Crippen LogP contribution in [0, 0.1) is 35.5 Å². The van der Waals surface area contributed by atoms with Gasteiger partial charge < -0.3 is 30.0 Å². The number of allylic oxidation sites excluding steroid dienone is 2. The fourth-order valence-corrected chi connectivity index (χ4v) is 13.4. The van der Waals surface area contributed by atoms with Crippen LogP contribution in [0.15, 0.2) is 94.5 Å². The third-order valence-electron chi connectivity index (χ3n) is 16.8. The Kier molecular flexibility index (Phi) is 12.3. The van der Waals surface area contributed by atoms with Crippen molar-refractivity contribution in [1.29, 1.82) is 0 Å². The van der Waals surface area contributed by atoms with Crippen molar-refractivity contribution >= 4 is 24.0 Å². The Hall–Kier alpha value is -5.40. The van der Waals surface area contributed by atoms with E-state index in [9.17, 15) is 29.4 Å². The van der Waals surface area contributed by atoms with Crippen molar-refractivity contribution in [3.05, 3.63) is 150 Å². The van der Waals surface area contributed by atoms with E-state index in [2.05, 4.69) is 81.1 Å². The number of nitrogens with zero attached hydrogens (tertiary/aromatic N) is 4. The van der Waals surface area contributed by atoms with Crippen LogP contribution in [0.5, 0.6) is 0 Å². The van der Waals surface area contributed by atoms with Gasteiger partial charge in [-0.1, -0.05) is 72.8 Å². The molecule has 4 aliphatic heterocycles. The minimum absolute atomic E-state index is 0.00151. The predicted molar refractivity (Wildman–Crippen MR) is 262 cm³/mol. The molecule has 0 radical (unpaired) electrons. The fourth-order valence-electron chi connectivity index (χ4n) is 13.4. The van der Waals surface area contributed by atoms with E-state index in [1.807, 2.05) is 59.4 Å². The van der Waals surface area contributed by atoms with Crippen molar-refractivity contribution in [3.63, 3.8) is 0 Å². The van der Waals surface area contributed by atoms with E-state index in [4.69, 9.17) is 0 Å². The molecule has 8 aliphatic rings. The number of hydrogen-bond acceptors (Lipinski definition) is 8. The molecule has 12 nitrogen and oxygen atoms in total. The van der Waals surface area contributed by atoms with E-state index in [-0.39, 0.29) is 96.1 Å². The van der Waals surface area contributed by atoms with Gasteiger partial charge in [0.15, 0.2) is 0 Å². The number of likely N-dealkylation sites (tertiary alicyclic amines) is 2. The summed E-state index contributed by atoms with van der Waals surface area (Å²) >= 11 is 0. The summed E-state index contributed by atoms with van der Waals surface area (Å²) in [4.78, 5) is 58.4. The normalized spacial score (nSPS) is 28.3. The van der Waals surface area contributed by atoms with Crippen molar-refractivity contribution in [1.82, 2.24) is 29.6 Å². The Balaban J connectivity index is 0.000000149. The molecule has 12 heteroatoms. The zero-order chi connectivity index (χ0) is 46.8. The summed E-state index contributed by atoms with van der Waals surface area (Å²) < 4.78 is 3.77.